The van der Waals surface area contributed by atoms with Crippen LogP contribution in [0.15, 0.2) is 12.1 Å². The van der Waals surface area contributed by atoms with Crippen molar-refractivity contribution in [2.75, 3.05) is 10.7 Å². The van der Waals surface area contributed by atoms with Crippen LogP contribution >= 0.6 is 0 Å². The van der Waals surface area contributed by atoms with Crippen LogP contribution in [0.5, 0.6) is 0 Å². The molecule has 2 rings (SSSR count). The van der Waals surface area contributed by atoms with Gasteiger partial charge in [0.15, 0.2) is 0 Å². The largest absolute Gasteiger partial charge is 0.361 e. The highest BCUT2D eigenvalue weighted by Crippen LogP contribution is 2.37. The van der Waals surface area contributed by atoms with E-state index in [0.717, 1.165) is 12.8 Å². The van der Waals surface area contributed by atoms with Crippen molar-refractivity contribution in [2.45, 2.75) is 25.8 Å². The van der Waals surface area contributed by atoms with Crippen LogP contribution in [0.4, 0.5) is 17.3 Å². The van der Waals surface area contributed by atoms with Crippen LogP contribution in [-0.2, 0) is 0 Å². The fourth-order valence-corrected chi connectivity index (χ4v) is 1.84. The lowest BCUT2D eigenvalue weighted by Gasteiger charge is -2.07. The Bertz CT molecular complexity index is 437. The number of nitro groups is 1. The molecule has 0 bridgehead atoms. The van der Waals surface area contributed by atoms with Crippen molar-refractivity contribution in [3.8, 4) is 0 Å². The van der Waals surface area contributed by atoms with Gasteiger partial charge in [-0.05, 0) is 18.4 Å². The number of hydrogen-bond donors (Lipinski definition) is 3. The molecular formula is C10H15N5O2. The Morgan fingerprint density at radius 3 is 2.94 bits per heavy atom. The Balaban J connectivity index is 2.20. The zero-order valence-corrected chi connectivity index (χ0v) is 9.51. The molecule has 7 nitrogen and oxygen atoms in total. The van der Waals surface area contributed by atoms with E-state index >= 15 is 0 Å². The van der Waals surface area contributed by atoms with Gasteiger partial charge in [0.2, 0.25) is 5.82 Å². The lowest BCUT2D eigenvalue weighted by atomic mass is 10.3. The van der Waals surface area contributed by atoms with Crippen LogP contribution in [0.3, 0.4) is 0 Å². The minimum Gasteiger partial charge on any atom is -0.361 e. The molecule has 1 aliphatic rings. The summed E-state index contributed by atoms with van der Waals surface area (Å²) >= 11 is 0. The van der Waals surface area contributed by atoms with Crippen LogP contribution in [-0.4, -0.2) is 15.9 Å². The third-order valence-electron chi connectivity index (χ3n) is 2.99. The molecule has 0 saturated heterocycles. The maximum Gasteiger partial charge on any atom is 0.311 e. The Morgan fingerprint density at radius 2 is 2.41 bits per heavy atom. The third kappa shape index (κ3) is 2.44. The number of pyridine rings is 1. The Kier molecular flexibility index (Phi) is 3.10. The summed E-state index contributed by atoms with van der Waals surface area (Å²) in [6, 6.07) is 3.17. The van der Waals surface area contributed by atoms with Gasteiger partial charge in [-0.1, -0.05) is 13.3 Å². The first-order valence-electron chi connectivity index (χ1n) is 5.54. The first kappa shape index (κ1) is 11.6. The van der Waals surface area contributed by atoms with Crippen molar-refractivity contribution < 1.29 is 4.92 Å². The van der Waals surface area contributed by atoms with E-state index < -0.39 is 4.92 Å². The van der Waals surface area contributed by atoms with Crippen LogP contribution in [0.1, 0.15) is 19.8 Å². The van der Waals surface area contributed by atoms with Gasteiger partial charge in [0, 0.05) is 12.1 Å². The van der Waals surface area contributed by atoms with Crippen LogP contribution in [0.25, 0.3) is 0 Å². The van der Waals surface area contributed by atoms with Crippen molar-refractivity contribution in [3.63, 3.8) is 0 Å². The van der Waals surface area contributed by atoms with Gasteiger partial charge in [0.1, 0.15) is 5.82 Å². The minimum atomic E-state index is -0.445. The number of nitrogens with zero attached hydrogens (tertiary/aromatic N) is 2. The molecule has 17 heavy (non-hydrogen) atoms. The van der Waals surface area contributed by atoms with Crippen LogP contribution in [0.2, 0.25) is 0 Å². The topological polar surface area (TPSA) is 106 Å². The molecule has 0 amide bonds. The average molecular weight is 237 g/mol. The molecule has 0 spiro atoms. The highest BCUT2D eigenvalue weighted by molar-refractivity contribution is 5.61. The van der Waals surface area contributed by atoms with Gasteiger partial charge in [-0.2, -0.15) is 0 Å². The van der Waals surface area contributed by atoms with E-state index in [1.165, 1.54) is 12.1 Å². The van der Waals surface area contributed by atoms with E-state index in [0.29, 0.717) is 17.8 Å². The Morgan fingerprint density at radius 1 is 1.65 bits per heavy atom. The van der Waals surface area contributed by atoms with E-state index in [9.17, 15) is 10.1 Å². The minimum absolute atomic E-state index is 0.0225. The second-order valence-electron chi connectivity index (χ2n) is 4.12. The molecule has 0 aliphatic heterocycles. The fourth-order valence-electron chi connectivity index (χ4n) is 1.84. The molecule has 2 unspecified atom stereocenters. The quantitative estimate of drug-likeness (QED) is 0.407. The zero-order valence-electron chi connectivity index (χ0n) is 9.51. The lowest BCUT2D eigenvalue weighted by Crippen LogP contribution is -2.13. The molecule has 1 aromatic heterocycles. The normalized spacial score (nSPS) is 22.0. The first-order valence-corrected chi connectivity index (χ1v) is 5.54. The SMILES string of the molecule is CCC1CC1Nc1nc(NN)ccc1[N+](=O)[O-]. The van der Waals surface area contributed by atoms with Gasteiger partial charge in [0.25, 0.3) is 0 Å². The molecule has 7 heteroatoms. The molecule has 1 fully saturated rings. The molecule has 1 aliphatic carbocycles. The summed E-state index contributed by atoms with van der Waals surface area (Å²) < 4.78 is 0. The van der Waals surface area contributed by atoms with E-state index in [1.807, 2.05) is 0 Å². The van der Waals surface area contributed by atoms with E-state index in [2.05, 4.69) is 22.7 Å². The van der Waals surface area contributed by atoms with Crippen molar-refractivity contribution >= 4 is 17.3 Å². The van der Waals surface area contributed by atoms with Gasteiger partial charge in [-0.25, -0.2) is 10.8 Å². The standard InChI is InChI=1S/C10H15N5O2/c1-2-6-5-7(6)12-10-8(15(16)17)3-4-9(13-10)14-11/h3-4,6-7H,2,5,11H2,1H3,(H2,12,13,14). The highest BCUT2D eigenvalue weighted by atomic mass is 16.6. The molecule has 2 atom stereocenters. The number of nitrogens with two attached hydrogens (primary N) is 1. The maximum atomic E-state index is 10.8. The van der Waals surface area contributed by atoms with Crippen LogP contribution in [0, 0.1) is 16.0 Å². The number of hydrogen-bond acceptors (Lipinski definition) is 6. The van der Waals surface area contributed by atoms with Crippen molar-refractivity contribution in [2.24, 2.45) is 11.8 Å². The maximum absolute atomic E-state index is 10.8. The summed E-state index contributed by atoms with van der Waals surface area (Å²) in [7, 11) is 0. The summed E-state index contributed by atoms with van der Waals surface area (Å²) in [5, 5.41) is 13.9. The van der Waals surface area contributed by atoms with Gasteiger partial charge < -0.3 is 10.7 Å². The number of aromatic nitrogens is 1. The van der Waals surface area contributed by atoms with Gasteiger partial charge in [0.05, 0.1) is 4.92 Å². The Labute approximate surface area is 98.5 Å². The predicted octanol–water partition coefficient (Wildman–Crippen LogP) is 1.49. The number of anilines is 2. The number of rotatable bonds is 5. The monoisotopic (exact) mass is 237 g/mol. The molecule has 1 aromatic rings. The summed E-state index contributed by atoms with van der Waals surface area (Å²) in [5.74, 6) is 6.52. The second-order valence-corrected chi connectivity index (χ2v) is 4.12. The smallest absolute Gasteiger partial charge is 0.311 e. The highest BCUT2D eigenvalue weighted by Gasteiger charge is 2.36. The van der Waals surface area contributed by atoms with Crippen molar-refractivity contribution in [3.05, 3.63) is 22.2 Å². The Hall–Kier alpha value is -1.89. The van der Waals surface area contributed by atoms with E-state index in [1.54, 1.807) is 0 Å². The van der Waals surface area contributed by atoms with Gasteiger partial charge in [-0.15, -0.1) is 0 Å². The fraction of sp³-hybridized carbons (Fsp3) is 0.500. The lowest BCUT2D eigenvalue weighted by molar-refractivity contribution is -0.384. The molecular weight excluding hydrogens is 222 g/mol. The second kappa shape index (κ2) is 4.54. The molecule has 0 aromatic carbocycles. The van der Waals surface area contributed by atoms with Gasteiger partial charge >= 0.3 is 5.69 Å². The average Bonchev–Trinajstić information content (AvgIpc) is 3.07. The number of nitrogen functional groups attached to an aromatic ring is 1. The summed E-state index contributed by atoms with van der Waals surface area (Å²) in [5.41, 5.74) is 2.36. The van der Waals surface area contributed by atoms with Gasteiger partial charge in [-0.3, -0.25) is 10.1 Å². The molecule has 0 radical (unpaired) electrons. The number of hydrazine groups is 1. The van der Waals surface area contributed by atoms with E-state index in [-0.39, 0.29) is 11.5 Å². The van der Waals surface area contributed by atoms with Crippen molar-refractivity contribution in [1.29, 1.82) is 0 Å². The zero-order chi connectivity index (χ0) is 12.4. The van der Waals surface area contributed by atoms with Crippen LogP contribution < -0.4 is 16.6 Å². The predicted molar refractivity (Wildman–Crippen MR) is 64.5 cm³/mol. The molecule has 1 saturated carbocycles. The summed E-state index contributed by atoms with van der Waals surface area (Å²) in [4.78, 5) is 14.5. The summed E-state index contributed by atoms with van der Waals surface area (Å²) in [6.45, 7) is 2.10. The number of nitrogens with one attached hydrogen (secondary N) is 2. The van der Waals surface area contributed by atoms with E-state index in [4.69, 9.17) is 5.84 Å². The van der Waals surface area contributed by atoms with Crippen molar-refractivity contribution in [1.82, 2.24) is 4.98 Å². The molecule has 1 heterocycles. The summed E-state index contributed by atoms with van der Waals surface area (Å²) in [6.07, 6.45) is 2.11. The first-order chi connectivity index (χ1) is 8.15. The third-order valence-corrected chi connectivity index (χ3v) is 2.99. The molecule has 92 valence electrons. The molecule has 4 N–H and O–H groups in total.